The van der Waals surface area contributed by atoms with Crippen molar-refractivity contribution >= 4 is 0 Å². The van der Waals surface area contributed by atoms with E-state index in [1.54, 1.807) is 13.8 Å². The zero-order chi connectivity index (χ0) is 7.61. The second-order valence-electron chi connectivity index (χ2n) is 3.18. The Bertz CT molecular complexity index is 103. The van der Waals surface area contributed by atoms with Gasteiger partial charge in [-0.15, -0.1) is 0 Å². The highest BCUT2D eigenvalue weighted by molar-refractivity contribution is 4.74. The lowest BCUT2D eigenvalue weighted by atomic mass is 10.2. The first kappa shape index (κ1) is 7.98. The lowest BCUT2D eigenvalue weighted by molar-refractivity contribution is -0.131. The summed E-state index contributed by atoms with van der Waals surface area (Å²) in [5.74, 6) is 0. The third-order valence-corrected chi connectivity index (χ3v) is 1.88. The number of rotatable bonds is 1. The molecule has 0 amide bonds. The molecule has 1 heterocycles. The molecular formula is C7H15N2O. The van der Waals surface area contributed by atoms with Crippen LogP contribution in [0.1, 0.15) is 13.8 Å². The molecule has 0 atom stereocenters. The first-order valence-corrected chi connectivity index (χ1v) is 3.77. The third kappa shape index (κ3) is 1.94. The van der Waals surface area contributed by atoms with E-state index < -0.39 is 5.72 Å². The van der Waals surface area contributed by atoms with E-state index in [4.69, 9.17) is 0 Å². The first-order valence-electron chi connectivity index (χ1n) is 3.77. The highest BCUT2D eigenvalue weighted by atomic mass is 16.3. The standard InChI is InChI=1S/C7H15N2O/c1-7(2,10)9-5-3-8-4-6-9/h8H,3-6H2,1-2H3. The van der Waals surface area contributed by atoms with Gasteiger partial charge in [0.2, 0.25) is 0 Å². The van der Waals surface area contributed by atoms with Crippen molar-refractivity contribution in [1.82, 2.24) is 10.2 Å². The third-order valence-electron chi connectivity index (χ3n) is 1.88. The van der Waals surface area contributed by atoms with E-state index in [1.807, 2.05) is 4.90 Å². The van der Waals surface area contributed by atoms with Crippen LogP contribution in [0.15, 0.2) is 0 Å². The number of nitrogens with one attached hydrogen (secondary N) is 1. The van der Waals surface area contributed by atoms with Crippen molar-refractivity contribution in [3.8, 4) is 0 Å². The Labute approximate surface area is 62.0 Å². The highest BCUT2D eigenvalue weighted by Gasteiger charge is 2.26. The Kier molecular flexibility index (Phi) is 2.28. The van der Waals surface area contributed by atoms with Crippen LogP contribution < -0.4 is 5.32 Å². The van der Waals surface area contributed by atoms with E-state index in [2.05, 4.69) is 5.32 Å². The Morgan fingerprint density at radius 2 is 1.80 bits per heavy atom. The highest BCUT2D eigenvalue weighted by Crippen LogP contribution is 2.10. The molecule has 1 radical (unpaired) electrons. The smallest absolute Gasteiger partial charge is 0.151 e. The Hall–Kier alpha value is -0.120. The quantitative estimate of drug-likeness (QED) is 0.563. The van der Waals surface area contributed by atoms with Crippen molar-refractivity contribution in [2.75, 3.05) is 26.2 Å². The summed E-state index contributed by atoms with van der Waals surface area (Å²) in [5.41, 5.74) is -0.887. The summed E-state index contributed by atoms with van der Waals surface area (Å²) in [6, 6.07) is 0. The maximum absolute atomic E-state index is 11.4. The normalized spacial score (nSPS) is 23.1. The summed E-state index contributed by atoms with van der Waals surface area (Å²) >= 11 is 0. The summed E-state index contributed by atoms with van der Waals surface area (Å²) in [6.07, 6.45) is 0. The Morgan fingerprint density at radius 1 is 1.30 bits per heavy atom. The van der Waals surface area contributed by atoms with Gasteiger partial charge in [-0.25, -0.2) is 5.11 Å². The molecule has 0 aromatic heterocycles. The minimum absolute atomic E-state index is 0.885. The molecule has 0 bridgehead atoms. The van der Waals surface area contributed by atoms with Crippen LogP contribution in [-0.2, 0) is 5.11 Å². The molecule has 10 heavy (non-hydrogen) atoms. The summed E-state index contributed by atoms with van der Waals surface area (Å²) in [5, 5.41) is 14.6. The van der Waals surface area contributed by atoms with Gasteiger partial charge in [0, 0.05) is 26.2 Å². The van der Waals surface area contributed by atoms with Crippen LogP contribution in [0, 0.1) is 0 Å². The van der Waals surface area contributed by atoms with Gasteiger partial charge in [-0.2, -0.15) is 0 Å². The number of nitrogens with zero attached hydrogens (tertiary/aromatic N) is 1. The maximum atomic E-state index is 11.4. The fourth-order valence-corrected chi connectivity index (χ4v) is 1.20. The monoisotopic (exact) mass is 143 g/mol. The van der Waals surface area contributed by atoms with Crippen LogP contribution in [0.25, 0.3) is 0 Å². The average molecular weight is 143 g/mol. The van der Waals surface area contributed by atoms with Crippen molar-refractivity contribution in [2.45, 2.75) is 19.6 Å². The van der Waals surface area contributed by atoms with Gasteiger partial charge >= 0.3 is 0 Å². The van der Waals surface area contributed by atoms with E-state index in [9.17, 15) is 5.11 Å². The van der Waals surface area contributed by atoms with Gasteiger partial charge in [-0.1, -0.05) is 0 Å². The van der Waals surface area contributed by atoms with Gasteiger partial charge in [0.05, 0.1) is 0 Å². The lowest BCUT2D eigenvalue weighted by Gasteiger charge is -2.35. The van der Waals surface area contributed by atoms with Crippen LogP contribution in [0.4, 0.5) is 0 Å². The maximum Gasteiger partial charge on any atom is 0.151 e. The molecule has 0 aromatic rings. The van der Waals surface area contributed by atoms with Gasteiger partial charge in [-0.05, 0) is 13.8 Å². The number of piperazine rings is 1. The van der Waals surface area contributed by atoms with Crippen molar-refractivity contribution in [1.29, 1.82) is 0 Å². The van der Waals surface area contributed by atoms with E-state index in [-0.39, 0.29) is 0 Å². The molecule has 59 valence electrons. The van der Waals surface area contributed by atoms with Crippen LogP contribution in [0.5, 0.6) is 0 Å². The van der Waals surface area contributed by atoms with Gasteiger partial charge < -0.3 is 5.32 Å². The van der Waals surface area contributed by atoms with Crippen molar-refractivity contribution < 1.29 is 5.11 Å². The van der Waals surface area contributed by atoms with Gasteiger partial charge in [0.25, 0.3) is 0 Å². The minimum Gasteiger partial charge on any atom is -0.314 e. The topological polar surface area (TPSA) is 35.2 Å². The predicted molar refractivity (Wildman–Crippen MR) is 39.2 cm³/mol. The molecule has 1 rings (SSSR count). The summed E-state index contributed by atoms with van der Waals surface area (Å²) in [6.45, 7) is 7.11. The molecule has 1 N–H and O–H groups in total. The summed E-state index contributed by atoms with van der Waals surface area (Å²) in [7, 11) is 0. The number of hydrogen-bond donors (Lipinski definition) is 1. The molecular weight excluding hydrogens is 128 g/mol. The second kappa shape index (κ2) is 2.86. The van der Waals surface area contributed by atoms with Crippen molar-refractivity contribution in [3.05, 3.63) is 0 Å². The molecule has 0 saturated carbocycles. The van der Waals surface area contributed by atoms with E-state index >= 15 is 0 Å². The van der Waals surface area contributed by atoms with Gasteiger partial charge in [0.15, 0.2) is 5.72 Å². The molecule has 3 nitrogen and oxygen atoms in total. The fraction of sp³-hybridized carbons (Fsp3) is 1.00. The molecule has 0 spiro atoms. The Balaban J connectivity index is 2.39. The van der Waals surface area contributed by atoms with Crippen molar-refractivity contribution in [2.24, 2.45) is 0 Å². The SMILES string of the molecule is CC(C)([O])N1CCNCC1. The van der Waals surface area contributed by atoms with E-state index in [1.165, 1.54) is 0 Å². The molecule has 0 unspecified atom stereocenters. The first-order chi connectivity index (χ1) is 4.61. The fourth-order valence-electron chi connectivity index (χ4n) is 1.20. The predicted octanol–water partition coefficient (Wildman–Crippen LogP) is 0.0582. The van der Waals surface area contributed by atoms with Gasteiger partial charge in [-0.3, -0.25) is 4.90 Å². The average Bonchev–Trinajstić information content (AvgIpc) is 1.88. The summed E-state index contributed by atoms with van der Waals surface area (Å²) < 4.78 is 0. The lowest BCUT2D eigenvalue weighted by Crippen LogP contribution is -2.52. The molecule has 1 aliphatic rings. The second-order valence-corrected chi connectivity index (χ2v) is 3.18. The van der Waals surface area contributed by atoms with E-state index in [0.717, 1.165) is 26.2 Å². The minimum atomic E-state index is -0.887. The van der Waals surface area contributed by atoms with Crippen LogP contribution in [0.3, 0.4) is 0 Å². The van der Waals surface area contributed by atoms with Gasteiger partial charge in [0.1, 0.15) is 0 Å². The molecule has 1 aliphatic heterocycles. The molecule has 3 heteroatoms. The largest absolute Gasteiger partial charge is 0.314 e. The number of hydrogen-bond acceptors (Lipinski definition) is 2. The molecule has 0 aromatic carbocycles. The zero-order valence-corrected chi connectivity index (χ0v) is 6.68. The van der Waals surface area contributed by atoms with E-state index in [0.29, 0.717) is 0 Å². The van der Waals surface area contributed by atoms with Crippen LogP contribution >= 0.6 is 0 Å². The molecule has 0 aliphatic carbocycles. The Morgan fingerprint density at radius 3 is 2.10 bits per heavy atom. The molecule has 1 saturated heterocycles. The summed E-state index contributed by atoms with van der Waals surface area (Å²) in [4.78, 5) is 1.96. The van der Waals surface area contributed by atoms with Crippen LogP contribution in [-0.4, -0.2) is 36.8 Å². The zero-order valence-electron chi connectivity index (χ0n) is 6.68. The molecule has 1 fully saturated rings. The van der Waals surface area contributed by atoms with Crippen LogP contribution in [0.2, 0.25) is 0 Å². The van der Waals surface area contributed by atoms with Crippen molar-refractivity contribution in [3.63, 3.8) is 0 Å².